The minimum Gasteiger partial charge on any atom is -0.478 e. The highest BCUT2D eigenvalue weighted by atomic mass is 16.4. The van der Waals surface area contributed by atoms with Crippen LogP contribution in [0.4, 0.5) is 23.3 Å². The lowest BCUT2D eigenvalue weighted by atomic mass is 10.2. The van der Waals surface area contributed by atoms with Crippen molar-refractivity contribution in [3.05, 3.63) is 53.9 Å². The second kappa shape index (κ2) is 6.23. The molecule has 2 aromatic heterocycles. The Morgan fingerprint density at radius 3 is 2.88 bits per heavy atom. The van der Waals surface area contributed by atoms with Crippen LogP contribution in [0.1, 0.15) is 34.8 Å². The van der Waals surface area contributed by atoms with Gasteiger partial charge in [0.15, 0.2) is 0 Å². The Labute approximate surface area is 143 Å². The van der Waals surface area contributed by atoms with Crippen molar-refractivity contribution in [3.63, 3.8) is 0 Å². The molecule has 0 bridgehead atoms. The highest BCUT2D eigenvalue weighted by Gasteiger charge is 2.26. The van der Waals surface area contributed by atoms with Gasteiger partial charge in [-0.1, -0.05) is 6.07 Å². The van der Waals surface area contributed by atoms with Crippen molar-refractivity contribution in [2.24, 2.45) is 0 Å². The number of carboxylic acids is 1. The Balaban J connectivity index is 1.48. The minimum atomic E-state index is -0.981. The molecule has 0 amide bonds. The first-order valence-electron chi connectivity index (χ1n) is 7.93. The molecule has 0 radical (unpaired) electrons. The molecule has 25 heavy (non-hydrogen) atoms. The van der Waals surface area contributed by atoms with Gasteiger partial charge < -0.3 is 15.7 Å². The van der Waals surface area contributed by atoms with Crippen molar-refractivity contribution in [2.45, 2.75) is 18.8 Å². The van der Waals surface area contributed by atoms with Gasteiger partial charge >= 0.3 is 5.97 Å². The number of benzene rings is 1. The highest BCUT2D eigenvalue weighted by Crippen LogP contribution is 2.39. The van der Waals surface area contributed by atoms with Crippen LogP contribution in [0, 0.1) is 0 Å². The van der Waals surface area contributed by atoms with E-state index < -0.39 is 5.97 Å². The maximum Gasteiger partial charge on any atom is 0.335 e. The molecule has 1 fully saturated rings. The van der Waals surface area contributed by atoms with Crippen LogP contribution >= 0.6 is 0 Å². The van der Waals surface area contributed by atoms with Gasteiger partial charge in [0.2, 0.25) is 5.95 Å². The van der Waals surface area contributed by atoms with E-state index in [-0.39, 0.29) is 5.56 Å². The Morgan fingerprint density at radius 2 is 2.08 bits per heavy atom. The van der Waals surface area contributed by atoms with E-state index in [1.807, 2.05) is 6.07 Å². The van der Waals surface area contributed by atoms with Crippen LogP contribution < -0.4 is 10.6 Å². The number of anilines is 4. The fourth-order valence-corrected chi connectivity index (χ4v) is 2.48. The highest BCUT2D eigenvalue weighted by molar-refractivity contribution is 5.89. The molecule has 4 N–H and O–H groups in total. The Morgan fingerprint density at radius 1 is 1.20 bits per heavy atom. The van der Waals surface area contributed by atoms with Gasteiger partial charge in [0, 0.05) is 23.9 Å². The minimum absolute atomic E-state index is 0.198. The summed E-state index contributed by atoms with van der Waals surface area (Å²) in [6, 6.07) is 10.2. The van der Waals surface area contributed by atoms with E-state index >= 15 is 0 Å². The predicted molar refractivity (Wildman–Crippen MR) is 92.6 cm³/mol. The normalized spacial score (nSPS) is 13.4. The molecular weight excluding hydrogens is 320 g/mol. The molecule has 3 aromatic rings. The molecule has 0 saturated heterocycles. The van der Waals surface area contributed by atoms with Gasteiger partial charge in [0.25, 0.3) is 0 Å². The van der Waals surface area contributed by atoms with Crippen LogP contribution in [0.3, 0.4) is 0 Å². The summed E-state index contributed by atoms with van der Waals surface area (Å²) in [7, 11) is 0. The van der Waals surface area contributed by atoms with Crippen LogP contribution in [0.15, 0.2) is 42.6 Å². The lowest BCUT2D eigenvalue weighted by Gasteiger charge is -2.07. The van der Waals surface area contributed by atoms with Gasteiger partial charge in [-0.05, 0) is 37.1 Å². The molecule has 0 spiro atoms. The number of H-pyrrole nitrogens is 1. The molecule has 8 heteroatoms. The van der Waals surface area contributed by atoms with Crippen LogP contribution in [0.5, 0.6) is 0 Å². The van der Waals surface area contributed by atoms with Gasteiger partial charge in [-0.2, -0.15) is 10.1 Å². The third-order valence-corrected chi connectivity index (χ3v) is 3.88. The summed E-state index contributed by atoms with van der Waals surface area (Å²) in [5.41, 5.74) is 1.87. The zero-order chi connectivity index (χ0) is 17.2. The molecule has 2 heterocycles. The van der Waals surface area contributed by atoms with Crippen LogP contribution in [-0.2, 0) is 0 Å². The lowest BCUT2D eigenvalue weighted by Crippen LogP contribution is -2.02. The maximum atomic E-state index is 11.0. The number of rotatable bonds is 6. The monoisotopic (exact) mass is 336 g/mol. The zero-order valence-corrected chi connectivity index (χ0v) is 13.2. The van der Waals surface area contributed by atoms with Gasteiger partial charge in [-0.15, -0.1) is 0 Å². The zero-order valence-electron chi connectivity index (χ0n) is 13.2. The Kier molecular flexibility index (Phi) is 3.77. The average Bonchev–Trinajstić information content (AvgIpc) is 3.35. The van der Waals surface area contributed by atoms with Crippen molar-refractivity contribution >= 4 is 29.2 Å². The van der Waals surface area contributed by atoms with Crippen molar-refractivity contribution in [1.29, 1.82) is 0 Å². The topological polar surface area (TPSA) is 116 Å². The largest absolute Gasteiger partial charge is 0.478 e. The summed E-state index contributed by atoms with van der Waals surface area (Å²) in [4.78, 5) is 19.6. The summed E-state index contributed by atoms with van der Waals surface area (Å²) in [5.74, 6) is 1.36. The number of nitrogens with zero attached hydrogens (tertiary/aromatic N) is 3. The SMILES string of the molecule is O=C(O)c1cccc(Nc2nccc(Nc3cc(C4CC4)n[nH]3)n2)c1. The quantitative estimate of drug-likeness (QED) is 0.546. The molecule has 0 unspecified atom stereocenters. The van der Waals surface area contributed by atoms with Crippen LogP contribution in [0.25, 0.3) is 0 Å². The fraction of sp³-hybridized carbons (Fsp3) is 0.176. The fourth-order valence-electron chi connectivity index (χ4n) is 2.48. The summed E-state index contributed by atoms with van der Waals surface area (Å²) in [5, 5.41) is 22.5. The number of carboxylic acid groups (broad SMARTS) is 1. The van der Waals surface area contributed by atoms with E-state index in [9.17, 15) is 4.79 Å². The molecule has 0 aliphatic heterocycles. The lowest BCUT2D eigenvalue weighted by molar-refractivity contribution is 0.0697. The van der Waals surface area contributed by atoms with E-state index in [1.54, 1.807) is 24.4 Å². The van der Waals surface area contributed by atoms with Crippen molar-refractivity contribution in [1.82, 2.24) is 20.2 Å². The van der Waals surface area contributed by atoms with Crippen LogP contribution in [-0.4, -0.2) is 31.2 Å². The smallest absolute Gasteiger partial charge is 0.335 e. The molecular formula is C17H16N6O2. The Hall–Kier alpha value is -3.42. The number of nitrogens with one attached hydrogen (secondary N) is 3. The number of carbonyl (C=O) groups is 1. The standard InChI is InChI=1S/C17H16N6O2/c24-16(25)11-2-1-3-12(8-11)19-17-18-7-6-14(21-17)20-15-9-13(22-23-15)10-4-5-10/h1-3,6-10H,4-5H2,(H,24,25)(H3,18,19,20,21,22,23). The number of aromatic nitrogens is 4. The molecule has 0 atom stereocenters. The molecule has 1 aliphatic rings. The summed E-state index contributed by atoms with van der Waals surface area (Å²) in [6.07, 6.45) is 4.01. The van der Waals surface area contributed by atoms with Crippen molar-refractivity contribution in [2.75, 3.05) is 10.6 Å². The first kappa shape index (κ1) is 15.1. The number of aromatic amines is 1. The van der Waals surface area contributed by atoms with E-state index in [4.69, 9.17) is 5.11 Å². The maximum absolute atomic E-state index is 11.0. The number of aromatic carboxylic acids is 1. The number of hydrogen-bond acceptors (Lipinski definition) is 6. The third-order valence-electron chi connectivity index (χ3n) is 3.88. The second-order valence-corrected chi connectivity index (χ2v) is 5.88. The number of hydrogen-bond donors (Lipinski definition) is 4. The van der Waals surface area contributed by atoms with Crippen molar-refractivity contribution in [3.8, 4) is 0 Å². The van der Waals surface area contributed by atoms with Crippen LogP contribution in [0.2, 0.25) is 0 Å². The summed E-state index contributed by atoms with van der Waals surface area (Å²) < 4.78 is 0. The molecule has 4 rings (SSSR count). The third kappa shape index (κ3) is 3.57. The molecule has 1 aromatic carbocycles. The molecule has 8 nitrogen and oxygen atoms in total. The van der Waals surface area contributed by atoms with E-state index in [1.165, 1.54) is 25.0 Å². The first-order chi connectivity index (χ1) is 12.2. The predicted octanol–water partition coefficient (Wildman–Crippen LogP) is 3.26. The average molecular weight is 336 g/mol. The van der Waals surface area contributed by atoms with Gasteiger partial charge in [-0.3, -0.25) is 5.10 Å². The van der Waals surface area contributed by atoms with Crippen molar-refractivity contribution < 1.29 is 9.90 Å². The first-order valence-corrected chi connectivity index (χ1v) is 7.93. The van der Waals surface area contributed by atoms with E-state index in [0.717, 1.165) is 11.5 Å². The summed E-state index contributed by atoms with van der Waals surface area (Å²) >= 11 is 0. The molecule has 1 saturated carbocycles. The molecule has 1 aliphatic carbocycles. The van der Waals surface area contributed by atoms with Gasteiger partial charge in [0.1, 0.15) is 11.6 Å². The van der Waals surface area contributed by atoms with E-state index in [2.05, 4.69) is 30.8 Å². The van der Waals surface area contributed by atoms with Gasteiger partial charge in [-0.25, -0.2) is 9.78 Å². The summed E-state index contributed by atoms with van der Waals surface area (Å²) in [6.45, 7) is 0. The second-order valence-electron chi connectivity index (χ2n) is 5.88. The Bertz CT molecular complexity index is 919. The molecule has 126 valence electrons. The van der Waals surface area contributed by atoms with Gasteiger partial charge in [0.05, 0.1) is 11.3 Å². The van der Waals surface area contributed by atoms with E-state index in [0.29, 0.717) is 23.4 Å².